The Morgan fingerprint density at radius 3 is 2.53 bits per heavy atom. The number of hydrogen-bond donors (Lipinski definition) is 3. The van der Waals surface area contributed by atoms with E-state index in [-0.39, 0.29) is 23.1 Å². The van der Waals surface area contributed by atoms with Gasteiger partial charge >= 0.3 is 5.97 Å². The maximum absolute atomic E-state index is 11.6. The summed E-state index contributed by atoms with van der Waals surface area (Å²) >= 11 is 0. The molecule has 0 aliphatic rings. The second-order valence-corrected chi connectivity index (χ2v) is 3.92. The third-order valence-corrected chi connectivity index (χ3v) is 2.38. The quantitative estimate of drug-likeness (QED) is 0.606. The van der Waals surface area contributed by atoms with Crippen molar-refractivity contribution in [1.29, 1.82) is 0 Å². The largest absolute Gasteiger partial charge is 0.478 e. The van der Waals surface area contributed by atoms with Crippen LogP contribution in [0.1, 0.15) is 40.1 Å². The Bertz CT molecular complexity index is 470. The van der Waals surface area contributed by atoms with Crippen LogP contribution in [0, 0.1) is 0 Å². The first kappa shape index (κ1) is 14.6. The summed E-state index contributed by atoms with van der Waals surface area (Å²) in [5.74, 6) is -1.83. The maximum atomic E-state index is 11.6. The summed E-state index contributed by atoms with van der Waals surface area (Å²) in [4.78, 5) is 36.5. The first-order valence-corrected chi connectivity index (χ1v) is 5.76. The zero-order chi connectivity index (χ0) is 14.3. The molecule has 0 unspecified atom stereocenters. The number of aromatic nitrogens is 1. The minimum atomic E-state index is -1.09. The molecule has 102 valence electrons. The molecule has 0 fully saturated rings. The van der Waals surface area contributed by atoms with Gasteiger partial charge in [0.25, 0.3) is 5.91 Å². The first-order chi connectivity index (χ1) is 9.00. The van der Waals surface area contributed by atoms with Crippen LogP contribution >= 0.6 is 0 Å². The predicted molar refractivity (Wildman–Crippen MR) is 66.6 cm³/mol. The van der Waals surface area contributed by atoms with Crippen LogP contribution in [0.15, 0.2) is 18.3 Å². The zero-order valence-electron chi connectivity index (χ0n) is 10.3. The summed E-state index contributed by atoms with van der Waals surface area (Å²) in [6.07, 6.45) is 2.68. The number of hydrogen-bond acceptors (Lipinski definition) is 4. The van der Waals surface area contributed by atoms with Gasteiger partial charge in [-0.3, -0.25) is 14.6 Å². The van der Waals surface area contributed by atoms with Crippen molar-refractivity contribution in [3.05, 3.63) is 29.6 Å². The lowest BCUT2D eigenvalue weighted by atomic mass is 10.2. The number of carboxylic acids is 1. The van der Waals surface area contributed by atoms with Crippen molar-refractivity contribution in [2.24, 2.45) is 5.73 Å². The molecule has 0 aliphatic carbocycles. The number of amides is 2. The molecule has 19 heavy (non-hydrogen) atoms. The number of unbranched alkanes of at least 4 members (excludes halogenated alkanes) is 1. The van der Waals surface area contributed by atoms with Crippen molar-refractivity contribution in [1.82, 2.24) is 10.3 Å². The van der Waals surface area contributed by atoms with E-state index in [0.29, 0.717) is 25.8 Å². The number of carboxylic acid groups (broad SMARTS) is 1. The van der Waals surface area contributed by atoms with Gasteiger partial charge in [-0.2, -0.15) is 0 Å². The van der Waals surface area contributed by atoms with Gasteiger partial charge in [0.2, 0.25) is 5.91 Å². The van der Waals surface area contributed by atoms with Crippen molar-refractivity contribution in [3.63, 3.8) is 0 Å². The van der Waals surface area contributed by atoms with Crippen molar-refractivity contribution in [3.8, 4) is 0 Å². The van der Waals surface area contributed by atoms with E-state index < -0.39 is 5.97 Å². The number of primary amides is 1. The molecule has 1 aromatic heterocycles. The second-order valence-electron chi connectivity index (χ2n) is 3.92. The van der Waals surface area contributed by atoms with Crippen LogP contribution in [0.3, 0.4) is 0 Å². The topological polar surface area (TPSA) is 122 Å². The Hall–Kier alpha value is -2.44. The molecule has 0 bridgehead atoms. The summed E-state index contributed by atoms with van der Waals surface area (Å²) in [5, 5.41) is 11.3. The molecule has 0 aliphatic heterocycles. The Morgan fingerprint density at radius 2 is 2.00 bits per heavy atom. The van der Waals surface area contributed by atoms with Gasteiger partial charge in [-0.1, -0.05) is 0 Å². The van der Waals surface area contributed by atoms with Crippen molar-refractivity contribution in [2.45, 2.75) is 19.3 Å². The van der Waals surface area contributed by atoms with Crippen molar-refractivity contribution >= 4 is 17.8 Å². The smallest absolute Gasteiger partial charge is 0.337 e. The van der Waals surface area contributed by atoms with Crippen LogP contribution in [0.2, 0.25) is 0 Å². The van der Waals surface area contributed by atoms with Crippen LogP contribution in [0.5, 0.6) is 0 Å². The zero-order valence-corrected chi connectivity index (χ0v) is 10.3. The standard InChI is InChI=1S/C12H15N3O4/c13-10(16)3-1-2-6-14-11(17)9-5-4-8(7-15-9)12(18)19/h4-5,7H,1-3,6H2,(H2,13,16)(H,14,17)(H,18,19). The van der Waals surface area contributed by atoms with E-state index in [1.165, 1.54) is 12.1 Å². The highest BCUT2D eigenvalue weighted by Crippen LogP contribution is 2.00. The molecule has 7 heteroatoms. The highest BCUT2D eigenvalue weighted by atomic mass is 16.4. The fourth-order valence-electron chi connectivity index (χ4n) is 1.37. The molecule has 0 saturated heterocycles. The number of nitrogens with two attached hydrogens (primary N) is 1. The van der Waals surface area contributed by atoms with Gasteiger partial charge in [-0.15, -0.1) is 0 Å². The third kappa shape index (κ3) is 5.15. The average molecular weight is 265 g/mol. The summed E-state index contributed by atoms with van der Waals surface area (Å²) in [7, 11) is 0. The number of nitrogens with one attached hydrogen (secondary N) is 1. The van der Waals surface area contributed by atoms with Crippen LogP contribution in [-0.4, -0.2) is 34.4 Å². The molecule has 1 heterocycles. The van der Waals surface area contributed by atoms with E-state index in [2.05, 4.69) is 10.3 Å². The lowest BCUT2D eigenvalue weighted by molar-refractivity contribution is -0.118. The first-order valence-electron chi connectivity index (χ1n) is 5.76. The minimum absolute atomic E-state index is 0.0259. The third-order valence-electron chi connectivity index (χ3n) is 2.38. The average Bonchev–Trinajstić information content (AvgIpc) is 2.37. The molecule has 0 spiro atoms. The van der Waals surface area contributed by atoms with Crippen LogP contribution in [0.25, 0.3) is 0 Å². The van der Waals surface area contributed by atoms with Gasteiger partial charge in [0.15, 0.2) is 0 Å². The van der Waals surface area contributed by atoms with Crippen LogP contribution < -0.4 is 11.1 Å². The number of carbonyl (C=O) groups is 3. The Balaban J connectivity index is 2.37. The maximum Gasteiger partial charge on any atom is 0.337 e. The molecule has 0 saturated carbocycles. The highest BCUT2D eigenvalue weighted by Gasteiger charge is 2.08. The van der Waals surface area contributed by atoms with Crippen molar-refractivity contribution < 1.29 is 19.5 Å². The Kier molecular flexibility index (Phi) is 5.46. The molecule has 0 aromatic carbocycles. The van der Waals surface area contributed by atoms with Crippen molar-refractivity contribution in [2.75, 3.05) is 6.54 Å². The number of rotatable bonds is 7. The molecule has 7 nitrogen and oxygen atoms in total. The van der Waals surface area contributed by atoms with E-state index >= 15 is 0 Å². The van der Waals surface area contributed by atoms with Crippen LogP contribution in [-0.2, 0) is 4.79 Å². The Labute approximate surface area is 109 Å². The highest BCUT2D eigenvalue weighted by molar-refractivity contribution is 5.93. The van der Waals surface area contributed by atoms with Gasteiger partial charge < -0.3 is 16.2 Å². The van der Waals surface area contributed by atoms with E-state index in [9.17, 15) is 14.4 Å². The summed E-state index contributed by atoms with van der Waals surface area (Å²) in [5.41, 5.74) is 5.16. The number of carbonyl (C=O) groups excluding carboxylic acids is 2. The lowest BCUT2D eigenvalue weighted by Crippen LogP contribution is -2.25. The van der Waals surface area contributed by atoms with Gasteiger partial charge in [-0.05, 0) is 25.0 Å². The van der Waals surface area contributed by atoms with Crippen LogP contribution in [0.4, 0.5) is 0 Å². The predicted octanol–water partition coefficient (Wildman–Crippen LogP) is 0.165. The lowest BCUT2D eigenvalue weighted by Gasteiger charge is -2.04. The van der Waals surface area contributed by atoms with E-state index in [1.807, 2.05) is 0 Å². The summed E-state index contributed by atoms with van der Waals surface area (Å²) in [6, 6.07) is 2.67. The van der Waals surface area contributed by atoms with E-state index in [0.717, 1.165) is 6.20 Å². The van der Waals surface area contributed by atoms with E-state index in [1.54, 1.807) is 0 Å². The Morgan fingerprint density at radius 1 is 1.26 bits per heavy atom. The molecule has 1 rings (SSSR count). The molecule has 1 aromatic rings. The monoisotopic (exact) mass is 265 g/mol. The summed E-state index contributed by atoms with van der Waals surface area (Å²) < 4.78 is 0. The van der Waals surface area contributed by atoms with Gasteiger partial charge in [0.1, 0.15) is 5.69 Å². The minimum Gasteiger partial charge on any atom is -0.478 e. The number of nitrogens with zero attached hydrogens (tertiary/aromatic N) is 1. The molecule has 0 atom stereocenters. The number of pyridine rings is 1. The summed E-state index contributed by atoms with van der Waals surface area (Å²) in [6.45, 7) is 0.411. The molecule has 4 N–H and O–H groups in total. The molecule has 0 radical (unpaired) electrons. The SMILES string of the molecule is NC(=O)CCCCNC(=O)c1ccc(C(=O)O)cn1. The normalized spacial score (nSPS) is 9.89. The van der Waals surface area contributed by atoms with E-state index in [4.69, 9.17) is 10.8 Å². The second kappa shape index (κ2) is 7.10. The molecular weight excluding hydrogens is 250 g/mol. The number of aromatic carboxylic acids is 1. The fraction of sp³-hybridized carbons (Fsp3) is 0.333. The van der Waals surface area contributed by atoms with Gasteiger partial charge in [-0.25, -0.2) is 4.79 Å². The molecule has 2 amide bonds. The van der Waals surface area contributed by atoms with Gasteiger partial charge in [0.05, 0.1) is 5.56 Å². The van der Waals surface area contributed by atoms with Gasteiger partial charge in [0, 0.05) is 19.2 Å². The fourth-order valence-corrected chi connectivity index (χ4v) is 1.37. The molecular formula is C12H15N3O4.